The van der Waals surface area contributed by atoms with E-state index in [0.29, 0.717) is 0 Å². The SMILES string of the molecule is CCOC(=O)Cc1ncc(C(F)F)c(OC)c1Cl. The van der Waals surface area contributed by atoms with Crippen molar-refractivity contribution in [1.82, 2.24) is 4.98 Å². The van der Waals surface area contributed by atoms with Crippen molar-refractivity contribution < 1.29 is 23.0 Å². The third-order valence-corrected chi connectivity index (χ3v) is 2.52. The Labute approximate surface area is 108 Å². The molecule has 0 bridgehead atoms. The van der Waals surface area contributed by atoms with Gasteiger partial charge in [0.25, 0.3) is 6.43 Å². The van der Waals surface area contributed by atoms with Crippen molar-refractivity contribution in [1.29, 1.82) is 0 Å². The molecule has 0 radical (unpaired) electrons. The summed E-state index contributed by atoms with van der Waals surface area (Å²) in [6.07, 6.45) is -1.99. The van der Waals surface area contributed by atoms with Gasteiger partial charge < -0.3 is 9.47 Å². The minimum Gasteiger partial charge on any atom is -0.495 e. The average molecular weight is 280 g/mol. The second-order valence-corrected chi connectivity index (χ2v) is 3.67. The van der Waals surface area contributed by atoms with Crippen LogP contribution in [-0.2, 0) is 16.0 Å². The molecule has 0 aromatic carbocycles. The molecule has 7 heteroatoms. The number of carbonyl (C=O) groups excluding carboxylic acids is 1. The molecule has 0 aliphatic carbocycles. The molecular formula is C11H12ClF2NO3. The summed E-state index contributed by atoms with van der Waals surface area (Å²) in [5, 5.41) is -0.0941. The molecule has 0 fully saturated rings. The quantitative estimate of drug-likeness (QED) is 0.778. The summed E-state index contributed by atoms with van der Waals surface area (Å²) in [6.45, 7) is 1.89. The maximum Gasteiger partial charge on any atom is 0.311 e. The lowest BCUT2D eigenvalue weighted by Gasteiger charge is -2.12. The Kier molecular flexibility index (Phi) is 5.27. The molecule has 0 saturated carbocycles. The number of methoxy groups -OCH3 is 1. The van der Waals surface area contributed by atoms with Gasteiger partial charge in [0.05, 0.1) is 31.4 Å². The van der Waals surface area contributed by atoms with Crippen LogP contribution < -0.4 is 4.74 Å². The maximum atomic E-state index is 12.6. The number of alkyl halides is 2. The van der Waals surface area contributed by atoms with Gasteiger partial charge in [-0.05, 0) is 6.92 Å². The number of nitrogens with zero attached hydrogens (tertiary/aromatic N) is 1. The highest BCUT2D eigenvalue weighted by Gasteiger charge is 2.21. The zero-order chi connectivity index (χ0) is 13.7. The first-order valence-corrected chi connectivity index (χ1v) is 5.54. The van der Waals surface area contributed by atoms with Gasteiger partial charge in [0.1, 0.15) is 10.8 Å². The van der Waals surface area contributed by atoms with Crippen molar-refractivity contribution in [2.75, 3.05) is 13.7 Å². The largest absolute Gasteiger partial charge is 0.495 e. The molecule has 0 unspecified atom stereocenters. The van der Waals surface area contributed by atoms with Gasteiger partial charge in [0.15, 0.2) is 0 Å². The topological polar surface area (TPSA) is 48.4 Å². The lowest BCUT2D eigenvalue weighted by atomic mass is 10.2. The van der Waals surface area contributed by atoms with Gasteiger partial charge in [-0.15, -0.1) is 0 Å². The maximum absolute atomic E-state index is 12.6. The molecule has 0 spiro atoms. The van der Waals surface area contributed by atoms with Gasteiger partial charge in [-0.1, -0.05) is 11.6 Å². The lowest BCUT2D eigenvalue weighted by molar-refractivity contribution is -0.142. The standard InChI is InChI=1S/C11H12ClF2NO3/c1-3-18-8(16)4-7-9(12)10(17-2)6(5-15-7)11(13)14/h5,11H,3-4H2,1-2H3. The number of hydrogen-bond donors (Lipinski definition) is 0. The van der Waals surface area contributed by atoms with E-state index in [0.717, 1.165) is 6.20 Å². The molecule has 1 aromatic heterocycles. The summed E-state index contributed by atoms with van der Waals surface area (Å²) in [5.74, 6) is -0.695. The van der Waals surface area contributed by atoms with Crippen LogP contribution in [0, 0.1) is 0 Å². The summed E-state index contributed by atoms with van der Waals surface area (Å²) in [7, 11) is 1.22. The van der Waals surface area contributed by atoms with Crippen LogP contribution in [-0.4, -0.2) is 24.7 Å². The monoisotopic (exact) mass is 279 g/mol. The summed E-state index contributed by atoms with van der Waals surface area (Å²) >= 11 is 5.87. The van der Waals surface area contributed by atoms with Crippen molar-refractivity contribution in [2.45, 2.75) is 19.8 Å². The van der Waals surface area contributed by atoms with E-state index in [9.17, 15) is 13.6 Å². The van der Waals surface area contributed by atoms with Crippen LogP contribution in [0.5, 0.6) is 5.75 Å². The third kappa shape index (κ3) is 3.29. The van der Waals surface area contributed by atoms with Crippen LogP contribution >= 0.6 is 11.6 Å². The Morgan fingerprint density at radius 2 is 2.22 bits per heavy atom. The predicted molar refractivity (Wildman–Crippen MR) is 61.1 cm³/mol. The summed E-state index contributed by atoms with van der Waals surface area (Å²) in [5.41, 5.74) is -0.258. The molecule has 18 heavy (non-hydrogen) atoms. The van der Waals surface area contributed by atoms with Crippen molar-refractivity contribution in [2.24, 2.45) is 0 Å². The smallest absolute Gasteiger partial charge is 0.311 e. The molecule has 1 rings (SSSR count). The summed E-state index contributed by atoms with van der Waals surface area (Å²) in [6, 6.07) is 0. The molecular weight excluding hydrogens is 268 g/mol. The van der Waals surface area contributed by atoms with Crippen molar-refractivity contribution in [3.63, 3.8) is 0 Å². The second kappa shape index (κ2) is 6.49. The van der Waals surface area contributed by atoms with E-state index >= 15 is 0 Å². The van der Waals surface area contributed by atoms with Gasteiger partial charge >= 0.3 is 5.97 Å². The fourth-order valence-electron chi connectivity index (χ4n) is 1.36. The molecule has 0 N–H and O–H groups in total. The van der Waals surface area contributed by atoms with E-state index in [1.165, 1.54) is 7.11 Å². The molecule has 0 atom stereocenters. The van der Waals surface area contributed by atoms with Gasteiger partial charge in [0.2, 0.25) is 0 Å². The summed E-state index contributed by atoms with van der Waals surface area (Å²) in [4.78, 5) is 15.0. The Morgan fingerprint density at radius 3 is 2.72 bits per heavy atom. The van der Waals surface area contributed by atoms with Crippen LogP contribution in [0.15, 0.2) is 6.20 Å². The van der Waals surface area contributed by atoms with E-state index in [1.54, 1.807) is 6.92 Å². The molecule has 1 heterocycles. The molecule has 100 valence electrons. The van der Waals surface area contributed by atoms with E-state index in [1.807, 2.05) is 0 Å². The molecule has 0 aliphatic heterocycles. The zero-order valence-corrected chi connectivity index (χ0v) is 10.6. The van der Waals surface area contributed by atoms with Crippen LogP contribution in [0.25, 0.3) is 0 Å². The number of carbonyl (C=O) groups is 1. The first-order valence-electron chi connectivity index (χ1n) is 5.16. The highest BCUT2D eigenvalue weighted by Crippen LogP contribution is 2.36. The Hall–Kier alpha value is -1.43. The lowest BCUT2D eigenvalue weighted by Crippen LogP contribution is -2.10. The fraction of sp³-hybridized carbons (Fsp3) is 0.455. The highest BCUT2D eigenvalue weighted by atomic mass is 35.5. The number of halogens is 3. The van der Waals surface area contributed by atoms with E-state index in [4.69, 9.17) is 21.1 Å². The Morgan fingerprint density at radius 1 is 1.56 bits per heavy atom. The van der Waals surface area contributed by atoms with Gasteiger partial charge in [-0.2, -0.15) is 0 Å². The minimum absolute atomic E-state index is 0.0941. The molecule has 4 nitrogen and oxygen atoms in total. The van der Waals surface area contributed by atoms with E-state index in [-0.39, 0.29) is 29.5 Å². The van der Waals surface area contributed by atoms with Crippen molar-refractivity contribution in [3.8, 4) is 5.75 Å². The highest BCUT2D eigenvalue weighted by molar-refractivity contribution is 6.33. The minimum atomic E-state index is -2.75. The zero-order valence-electron chi connectivity index (χ0n) is 9.87. The molecule has 0 saturated heterocycles. The first-order chi connectivity index (χ1) is 8.51. The number of pyridine rings is 1. The number of esters is 1. The van der Waals surface area contributed by atoms with Crippen LogP contribution in [0.3, 0.4) is 0 Å². The third-order valence-electron chi connectivity index (χ3n) is 2.13. The van der Waals surface area contributed by atoms with Crippen LogP contribution in [0.2, 0.25) is 5.02 Å². The van der Waals surface area contributed by atoms with Gasteiger partial charge in [-0.3, -0.25) is 9.78 Å². The normalized spacial score (nSPS) is 10.6. The summed E-state index contributed by atoms with van der Waals surface area (Å²) < 4.78 is 34.8. The Balaban J connectivity index is 3.05. The predicted octanol–water partition coefficient (Wildman–Crippen LogP) is 2.79. The van der Waals surface area contributed by atoms with Crippen molar-refractivity contribution >= 4 is 17.6 Å². The van der Waals surface area contributed by atoms with E-state index < -0.39 is 18.0 Å². The van der Waals surface area contributed by atoms with Crippen LogP contribution in [0.4, 0.5) is 8.78 Å². The van der Waals surface area contributed by atoms with Gasteiger partial charge in [-0.25, -0.2) is 8.78 Å². The van der Waals surface area contributed by atoms with E-state index in [2.05, 4.69) is 4.98 Å². The first kappa shape index (κ1) is 14.6. The molecule has 0 amide bonds. The fourth-order valence-corrected chi connectivity index (χ4v) is 1.66. The number of ether oxygens (including phenoxy) is 2. The Bertz CT molecular complexity index is 441. The molecule has 0 aliphatic rings. The second-order valence-electron chi connectivity index (χ2n) is 3.29. The van der Waals surface area contributed by atoms with Gasteiger partial charge in [0, 0.05) is 6.20 Å². The number of rotatable bonds is 5. The number of aromatic nitrogens is 1. The van der Waals surface area contributed by atoms with Crippen molar-refractivity contribution in [3.05, 3.63) is 22.5 Å². The van der Waals surface area contributed by atoms with Crippen LogP contribution in [0.1, 0.15) is 24.6 Å². The molecule has 1 aromatic rings. The average Bonchev–Trinajstić information content (AvgIpc) is 2.31. The number of hydrogen-bond acceptors (Lipinski definition) is 4.